The van der Waals surface area contributed by atoms with E-state index in [1.807, 2.05) is 0 Å². The highest BCUT2D eigenvalue weighted by Crippen LogP contribution is 2.36. The van der Waals surface area contributed by atoms with Gasteiger partial charge in [0.15, 0.2) is 0 Å². The van der Waals surface area contributed by atoms with E-state index in [4.69, 9.17) is 11.6 Å². The van der Waals surface area contributed by atoms with Crippen LogP contribution in [0.3, 0.4) is 0 Å². The molecule has 2 rings (SSSR count). The van der Waals surface area contributed by atoms with Crippen LogP contribution in [-0.2, 0) is 5.41 Å². The second-order valence-corrected chi connectivity index (χ2v) is 5.81. The van der Waals surface area contributed by atoms with Gasteiger partial charge in [0.25, 0.3) is 0 Å². The number of nitrogen functional groups attached to an aromatic ring is 2. The Hall–Kier alpha value is -1.19. The molecular formula is C12H22N4. The largest absolute Gasteiger partial charge is 0.382 e. The lowest BCUT2D eigenvalue weighted by Crippen LogP contribution is -2.18. The molecule has 90 valence electrons. The monoisotopic (exact) mass is 222 g/mol. The predicted molar refractivity (Wildman–Crippen MR) is 66.7 cm³/mol. The molecular weight excluding hydrogens is 200 g/mol. The van der Waals surface area contributed by atoms with Gasteiger partial charge >= 0.3 is 0 Å². The molecule has 1 fully saturated rings. The SMILES string of the molecule is CC(C)(C)c1nc(C2CCCC2)n(N)c1N. The fourth-order valence-corrected chi connectivity index (χ4v) is 2.49. The minimum Gasteiger partial charge on any atom is -0.382 e. The molecule has 4 heteroatoms. The summed E-state index contributed by atoms with van der Waals surface area (Å²) in [5, 5.41) is 0. The topological polar surface area (TPSA) is 69.9 Å². The van der Waals surface area contributed by atoms with Crippen molar-refractivity contribution in [2.24, 2.45) is 0 Å². The molecule has 0 bridgehead atoms. The van der Waals surface area contributed by atoms with Gasteiger partial charge < -0.3 is 11.6 Å². The average molecular weight is 222 g/mol. The maximum absolute atomic E-state index is 6.03. The Bertz CT molecular complexity index is 380. The van der Waals surface area contributed by atoms with E-state index < -0.39 is 0 Å². The zero-order valence-corrected chi connectivity index (χ0v) is 10.5. The van der Waals surface area contributed by atoms with Crippen LogP contribution in [0.4, 0.5) is 5.82 Å². The Morgan fingerprint density at radius 3 is 2.25 bits per heavy atom. The van der Waals surface area contributed by atoms with Crippen molar-refractivity contribution in [3.05, 3.63) is 11.5 Å². The van der Waals surface area contributed by atoms with Crippen LogP contribution in [-0.4, -0.2) is 9.66 Å². The number of rotatable bonds is 1. The summed E-state index contributed by atoms with van der Waals surface area (Å²) in [6.45, 7) is 6.35. The van der Waals surface area contributed by atoms with Crippen LogP contribution in [0.25, 0.3) is 0 Å². The summed E-state index contributed by atoms with van der Waals surface area (Å²) in [7, 11) is 0. The first-order valence-electron chi connectivity index (χ1n) is 6.05. The van der Waals surface area contributed by atoms with Crippen molar-refractivity contribution in [1.82, 2.24) is 9.66 Å². The van der Waals surface area contributed by atoms with Crippen LogP contribution in [0.2, 0.25) is 0 Å². The summed E-state index contributed by atoms with van der Waals surface area (Å²) in [5.74, 6) is 8.10. The van der Waals surface area contributed by atoms with Gasteiger partial charge in [-0.15, -0.1) is 0 Å². The summed E-state index contributed by atoms with van der Waals surface area (Å²) < 4.78 is 1.59. The quantitative estimate of drug-likeness (QED) is 0.715. The number of imidazole rings is 1. The van der Waals surface area contributed by atoms with Gasteiger partial charge in [0.05, 0.1) is 5.69 Å². The molecule has 0 atom stereocenters. The Kier molecular flexibility index (Phi) is 2.60. The lowest BCUT2D eigenvalue weighted by Gasteiger charge is -2.15. The smallest absolute Gasteiger partial charge is 0.146 e. The number of hydrogen-bond donors (Lipinski definition) is 2. The van der Waals surface area contributed by atoms with E-state index in [2.05, 4.69) is 25.8 Å². The first-order chi connectivity index (χ1) is 7.41. The fraction of sp³-hybridized carbons (Fsp3) is 0.750. The van der Waals surface area contributed by atoms with Gasteiger partial charge in [-0.05, 0) is 12.8 Å². The maximum atomic E-state index is 6.03. The van der Waals surface area contributed by atoms with Gasteiger partial charge in [0.2, 0.25) is 0 Å². The third-order valence-electron chi connectivity index (χ3n) is 3.41. The molecule has 1 aliphatic rings. The number of hydrogen-bond acceptors (Lipinski definition) is 3. The van der Waals surface area contributed by atoms with Gasteiger partial charge in [-0.1, -0.05) is 33.6 Å². The second-order valence-electron chi connectivity index (χ2n) is 5.81. The molecule has 1 aromatic heterocycles. The third kappa shape index (κ3) is 1.77. The normalized spacial score (nSPS) is 18.2. The third-order valence-corrected chi connectivity index (χ3v) is 3.41. The van der Waals surface area contributed by atoms with Gasteiger partial charge in [-0.2, -0.15) is 0 Å². The molecule has 0 amide bonds. The van der Waals surface area contributed by atoms with E-state index in [9.17, 15) is 0 Å². The molecule has 1 heterocycles. The van der Waals surface area contributed by atoms with Crippen LogP contribution in [0.1, 0.15) is 63.9 Å². The van der Waals surface area contributed by atoms with Gasteiger partial charge in [-0.3, -0.25) is 0 Å². The molecule has 0 saturated heterocycles. The molecule has 4 N–H and O–H groups in total. The molecule has 1 aromatic rings. The van der Waals surface area contributed by atoms with Crippen molar-refractivity contribution in [1.29, 1.82) is 0 Å². The highest BCUT2D eigenvalue weighted by atomic mass is 15.4. The van der Waals surface area contributed by atoms with E-state index in [1.165, 1.54) is 25.7 Å². The first kappa shape index (κ1) is 11.3. The van der Waals surface area contributed by atoms with Crippen LogP contribution in [0.5, 0.6) is 0 Å². The number of aromatic nitrogens is 2. The van der Waals surface area contributed by atoms with Crippen molar-refractivity contribution >= 4 is 5.82 Å². The predicted octanol–water partition coefficient (Wildman–Crippen LogP) is 2.13. The summed E-state index contributed by atoms with van der Waals surface area (Å²) in [5.41, 5.74) is 6.92. The highest BCUT2D eigenvalue weighted by Gasteiger charge is 2.28. The van der Waals surface area contributed by atoms with Gasteiger partial charge in [0.1, 0.15) is 11.6 Å². The van der Waals surface area contributed by atoms with Gasteiger partial charge in [0, 0.05) is 11.3 Å². The Morgan fingerprint density at radius 1 is 1.25 bits per heavy atom. The number of anilines is 1. The highest BCUT2D eigenvalue weighted by molar-refractivity contribution is 5.43. The summed E-state index contributed by atoms with van der Waals surface area (Å²) in [6, 6.07) is 0. The van der Waals surface area contributed by atoms with Crippen molar-refractivity contribution in [3.8, 4) is 0 Å². The Labute approximate surface area is 97.0 Å². The lowest BCUT2D eigenvalue weighted by molar-refractivity contribution is 0.568. The molecule has 0 aromatic carbocycles. The standard InChI is InChI=1S/C12H22N4/c1-12(2,3)9-10(13)16(14)11(15-9)8-6-4-5-7-8/h8H,4-7,13-14H2,1-3H3. The maximum Gasteiger partial charge on any atom is 0.146 e. The van der Waals surface area contributed by atoms with E-state index in [0.717, 1.165) is 11.5 Å². The lowest BCUT2D eigenvalue weighted by atomic mass is 9.92. The minimum atomic E-state index is -0.0396. The van der Waals surface area contributed by atoms with Crippen LogP contribution in [0.15, 0.2) is 0 Å². The van der Waals surface area contributed by atoms with Crippen molar-refractivity contribution in [3.63, 3.8) is 0 Å². The zero-order valence-electron chi connectivity index (χ0n) is 10.5. The van der Waals surface area contributed by atoms with Crippen molar-refractivity contribution in [2.75, 3.05) is 11.6 Å². The van der Waals surface area contributed by atoms with E-state index >= 15 is 0 Å². The second kappa shape index (κ2) is 3.68. The number of nitrogens with two attached hydrogens (primary N) is 2. The molecule has 0 spiro atoms. The van der Waals surface area contributed by atoms with Gasteiger partial charge in [-0.25, -0.2) is 9.66 Å². The van der Waals surface area contributed by atoms with E-state index in [-0.39, 0.29) is 5.41 Å². The summed E-state index contributed by atoms with van der Waals surface area (Å²) >= 11 is 0. The Balaban J connectivity index is 2.40. The molecule has 1 aliphatic carbocycles. The summed E-state index contributed by atoms with van der Waals surface area (Å²) in [6.07, 6.45) is 4.94. The molecule has 16 heavy (non-hydrogen) atoms. The molecule has 0 radical (unpaired) electrons. The van der Waals surface area contributed by atoms with Crippen molar-refractivity contribution < 1.29 is 0 Å². The molecule has 1 saturated carbocycles. The fourth-order valence-electron chi connectivity index (χ4n) is 2.49. The molecule has 0 unspecified atom stereocenters. The van der Waals surface area contributed by atoms with E-state index in [0.29, 0.717) is 11.7 Å². The van der Waals surface area contributed by atoms with Crippen LogP contribution in [0, 0.1) is 0 Å². The van der Waals surface area contributed by atoms with Crippen LogP contribution >= 0.6 is 0 Å². The molecule has 4 nitrogen and oxygen atoms in total. The molecule has 0 aliphatic heterocycles. The van der Waals surface area contributed by atoms with Crippen molar-refractivity contribution in [2.45, 2.75) is 57.8 Å². The van der Waals surface area contributed by atoms with Crippen LogP contribution < -0.4 is 11.6 Å². The van der Waals surface area contributed by atoms with E-state index in [1.54, 1.807) is 4.68 Å². The average Bonchev–Trinajstić information content (AvgIpc) is 2.75. The number of nitrogens with zero attached hydrogens (tertiary/aromatic N) is 2. The first-order valence-corrected chi connectivity index (χ1v) is 6.05. The minimum absolute atomic E-state index is 0.0396. The zero-order chi connectivity index (χ0) is 11.9. The summed E-state index contributed by atoms with van der Waals surface area (Å²) in [4.78, 5) is 4.68. The Morgan fingerprint density at radius 2 is 1.81 bits per heavy atom.